The van der Waals surface area contributed by atoms with Gasteiger partial charge in [-0.25, -0.2) is 0 Å². The molecule has 1 saturated carbocycles. The van der Waals surface area contributed by atoms with E-state index in [1.165, 1.54) is 44.5 Å². The van der Waals surface area contributed by atoms with Crippen molar-refractivity contribution in [1.29, 1.82) is 0 Å². The van der Waals surface area contributed by atoms with E-state index in [0.717, 1.165) is 25.7 Å². The van der Waals surface area contributed by atoms with Crippen molar-refractivity contribution < 1.29 is 10.2 Å². The quantitative estimate of drug-likeness (QED) is 0.258. The smallest absolute Gasteiger partial charge is 0.0890 e. The molecule has 0 heterocycles. The molecule has 41 heavy (non-hydrogen) atoms. The second kappa shape index (κ2) is 9.41. The number of rotatable bonds is 5. The molecule has 2 nitrogen and oxygen atoms in total. The molecule has 2 N–H and O–H groups in total. The van der Waals surface area contributed by atoms with E-state index in [-0.39, 0.29) is 0 Å². The lowest BCUT2D eigenvalue weighted by atomic mass is 9.63. The fourth-order valence-corrected chi connectivity index (χ4v) is 9.38. The third-order valence-corrected chi connectivity index (χ3v) is 10.9. The molecule has 4 aliphatic carbocycles. The van der Waals surface area contributed by atoms with Gasteiger partial charge in [-0.05, 0) is 76.8 Å². The Morgan fingerprint density at radius 3 is 1.27 bits per heavy atom. The molecular weight excluding hydrogens is 500 g/mol. The summed E-state index contributed by atoms with van der Waals surface area (Å²) in [7, 11) is 0. The third-order valence-electron chi connectivity index (χ3n) is 10.9. The molecule has 0 aromatic heterocycles. The van der Waals surface area contributed by atoms with Crippen molar-refractivity contribution in [1.82, 2.24) is 0 Å². The first-order chi connectivity index (χ1) is 20.2. The predicted molar refractivity (Wildman–Crippen MR) is 165 cm³/mol. The van der Waals surface area contributed by atoms with Crippen LogP contribution in [0.4, 0.5) is 0 Å². The highest BCUT2D eigenvalue weighted by atomic mass is 16.3. The van der Waals surface area contributed by atoms with Gasteiger partial charge >= 0.3 is 0 Å². The van der Waals surface area contributed by atoms with Crippen molar-refractivity contribution >= 4 is 11.1 Å². The maximum absolute atomic E-state index is 13.3. The zero-order valence-electron chi connectivity index (χ0n) is 23.3. The number of hydrogen-bond donors (Lipinski definition) is 2. The molecule has 2 bridgehead atoms. The van der Waals surface area contributed by atoms with Gasteiger partial charge in [-0.3, -0.25) is 0 Å². The van der Waals surface area contributed by atoms with Crippen LogP contribution in [0.3, 0.4) is 0 Å². The van der Waals surface area contributed by atoms with Gasteiger partial charge in [-0.2, -0.15) is 0 Å². The van der Waals surface area contributed by atoms with Gasteiger partial charge < -0.3 is 10.2 Å². The summed E-state index contributed by atoms with van der Waals surface area (Å²) in [6.07, 6.45) is 3.38. The first-order valence-corrected chi connectivity index (χ1v) is 15.2. The summed E-state index contributed by atoms with van der Waals surface area (Å²) in [6, 6.07) is 43.3. The third kappa shape index (κ3) is 3.26. The molecule has 2 heteroatoms. The molecule has 8 rings (SSSR count). The van der Waals surface area contributed by atoms with Crippen LogP contribution in [-0.2, 0) is 10.8 Å². The standard InChI is InChI=1S/C39H36O2/c40-25-32-30-21-23-33-34(24-22-31(30)32)39(29-19-11-4-12-20-29)36(27-15-7-2-8-16-27)35(26-13-5-1-6-14-26)38(33,37(39)41)28-17-9-3-10-18-28/h1-20,30-32,37,40-41H,21-25H2/t30-,31+,32+,37?,38-,39?/m1/s1. The molecule has 2 unspecified atom stereocenters. The lowest BCUT2D eigenvalue weighted by Gasteiger charge is -2.39. The molecule has 0 spiro atoms. The highest BCUT2D eigenvalue weighted by Gasteiger charge is 2.71. The molecule has 1 fully saturated rings. The van der Waals surface area contributed by atoms with Crippen LogP contribution in [0, 0.1) is 17.8 Å². The van der Waals surface area contributed by atoms with Crippen molar-refractivity contribution in [3.05, 3.63) is 155 Å². The summed E-state index contributed by atoms with van der Waals surface area (Å²) < 4.78 is 0. The molecule has 4 aromatic carbocycles. The molecule has 6 atom stereocenters. The van der Waals surface area contributed by atoms with Gasteiger partial charge in [0.15, 0.2) is 0 Å². The topological polar surface area (TPSA) is 40.5 Å². The van der Waals surface area contributed by atoms with Gasteiger partial charge in [0.2, 0.25) is 0 Å². The van der Waals surface area contributed by atoms with Crippen LogP contribution in [0.25, 0.3) is 11.1 Å². The summed E-state index contributed by atoms with van der Waals surface area (Å²) >= 11 is 0. The number of aliphatic hydroxyl groups excluding tert-OH is 2. The molecule has 4 aliphatic rings. The zero-order valence-corrected chi connectivity index (χ0v) is 23.3. The first-order valence-electron chi connectivity index (χ1n) is 15.2. The van der Waals surface area contributed by atoms with Gasteiger partial charge in [0.25, 0.3) is 0 Å². The Labute approximate surface area is 242 Å². The molecule has 0 saturated heterocycles. The van der Waals surface area contributed by atoms with E-state index in [2.05, 4.69) is 121 Å². The number of hydrogen-bond acceptors (Lipinski definition) is 2. The highest BCUT2D eigenvalue weighted by molar-refractivity contribution is 6.09. The SMILES string of the molecule is OC[C@@H]1[C@H]2CCC3=C(CC[C@@H]12)[C@]1(c2ccccc2)C(c2ccccc2)=C(c2ccccc2)C3(c2ccccc2)C1O. The Kier molecular flexibility index (Phi) is 5.74. The molecule has 0 radical (unpaired) electrons. The Morgan fingerprint density at radius 1 is 0.537 bits per heavy atom. The van der Waals surface area contributed by atoms with Crippen LogP contribution in [-0.4, -0.2) is 22.9 Å². The van der Waals surface area contributed by atoms with E-state index >= 15 is 0 Å². The minimum atomic E-state index is -0.668. The first kappa shape index (κ1) is 25.0. The summed E-state index contributed by atoms with van der Waals surface area (Å²) in [5.41, 5.74) is 8.72. The fraction of sp³-hybridized carbons (Fsp3) is 0.282. The number of aliphatic hydroxyl groups is 2. The summed E-state index contributed by atoms with van der Waals surface area (Å²) in [5.74, 6) is 1.60. The summed E-state index contributed by atoms with van der Waals surface area (Å²) in [5, 5.41) is 23.4. The van der Waals surface area contributed by atoms with Crippen molar-refractivity contribution in [3.63, 3.8) is 0 Å². The highest BCUT2D eigenvalue weighted by Crippen LogP contribution is 2.74. The van der Waals surface area contributed by atoms with Crippen molar-refractivity contribution in [2.24, 2.45) is 17.8 Å². The molecule has 4 aromatic rings. The van der Waals surface area contributed by atoms with E-state index in [1.807, 2.05) is 0 Å². The van der Waals surface area contributed by atoms with Gasteiger partial charge in [-0.1, -0.05) is 132 Å². The summed E-state index contributed by atoms with van der Waals surface area (Å²) in [4.78, 5) is 0. The van der Waals surface area contributed by atoms with E-state index in [0.29, 0.717) is 24.4 Å². The second-order valence-corrected chi connectivity index (χ2v) is 12.4. The van der Waals surface area contributed by atoms with E-state index in [9.17, 15) is 10.2 Å². The monoisotopic (exact) mass is 536 g/mol. The Balaban J connectivity index is 1.52. The average Bonchev–Trinajstić information content (AvgIpc) is 3.58. The van der Waals surface area contributed by atoms with Crippen molar-refractivity contribution in [3.8, 4) is 0 Å². The van der Waals surface area contributed by atoms with E-state index in [4.69, 9.17) is 0 Å². The lowest BCUT2D eigenvalue weighted by molar-refractivity contribution is 0.109. The van der Waals surface area contributed by atoms with Crippen LogP contribution in [0.15, 0.2) is 132 Å². The Bertz CT molecular complexity index is 1520. The maximum Gasteiger partial charge on any atom is 0.0890 e. The van der Waals surface area contributed by atoms with Gasteiger partial charge in [-0.15, -0.1) is 0 Å². The maximum atomic E-state index is 13.3. The number of benzene rings is 4. The lowest BCUT2D eigenvalue weighted by Crippen LogP contribution is -2.43. The molecular formula is C39H36O2. The van der Waals surface area contributed by atoms with Crippen LogP contribution in [0.1, 0.15) is 47.9 Å². The van der Waals surface area contributed by atoms with Gasteiger partial charge in [0.1, 0.15) is 0 Å². The van der Waals surface area contributed by atoms with Crippen LogP contribution in [0.5, 0.6) is 0 Å². The molecule has 204 valence electrons. The average molecular weight is 537 g/mol. The van der Waals surface area contributed by atoms with Crippen LogP contribution in [0.2, 0.25) is 0 Å². The summed E-state index contributed by atoms with van der Waals surface area (Å²) in [6.45, 7) is 0.291. The van der Waals surface area contributed by atoms with E-state index < -0.39 is 16.9 Å². The van der Waals surface area contributed by atoms with Crippen molar-refractivity contribution in [2.75, 3.05) is 6.61 Å². The van der Waals surface area contributed by atoms with Crippen molar-refractivity contribution in [2.45, 2.75) is 42.6 Å². The Hall–Kier alpha value is -3.72. The zero-order chi connectivity index (χ0) is 27.6. The van der Waals surface area contributed by atoms with E-state index in [1.54, 1.807) is 0 Å². The Morgan fingerprint density at radius 2 is 0.902 bits per heavy atom. The molecule has 0 aliphatic heterocycles. The second-order valence-electron chi connectivity index (χ2n) is 12.4. The normalized spacial score (nSPS) is 31.9. The fourth-order valence-electron chi connectivity index (χ4n) is 9.38. The van der Waals surface area contributed by atoms with Crippen LogP contribution >= 0.6 is 0 Å². The minimum Gasteiger partial charge on any atom is -0.396 e. The predicted octanol–water partition coefficient (Wildman–Crippen LogP) is 7.59. The molecule has 0 amide bonds. The minimum absolute atomic E-state index is 0.291. The largest absolute Gasteiger partial charge is 0.396 e. The van der Waals surface area contributed by atoms with Crippen LogP contribution < -0.4 is 0 Å². The number of fused-ring (bicyclic) bond motifs is 5. The van der Waals surface area contributed by atoms with Gasteiger partial charge in [0, 0.05) is 6.61 Å². The van der Waals surface area contributed by atoms with Gasteiger partial charge in [0.05, 0.1) is 16.9 Å².